The summed E-state index contributed by atoms with van der Waals surface area (Å²) in [6.45, 7) is 8.00. The Bertz CT molecular complexity index is 1040. The second-order valence-corrected chi connectivity index (χ2v) is 9.77. The van der Waals surface area contributed by atoms with Crippen molar-refractivity contribution in [3.63, 3.8) is 0 Å². The fraction of sp³-hybridized carbons (Fsp3) is 0.680. The minimum Gasteiger partial charge on any atom is -0.351 e. The van der Waals surface area contributed by atoms with E-state index in [-0.39, 0.29) is 17.4 Å². The van der Waals surface area contributed by atoms with Crippen LogP contribution in [-0.4, -0.2) is 75.6 Å². The van der Waals surface area contributed by atoms with E-state index in [0.717, 1.165) is 50.8 Å². The van der Waals surface area contributed by atoms with Crippen molar-refractivity contribution in [2.75, 3.05) is 44.2 Å². The minimum absolute atomic E-state index is 0.0637. The number of carbonyl (C=O) groups is 1. The zero-order valence-corrected chi connectivity index (χ0v) is 19.8. The first-order valence-electron chi connectivity index (χ1n) is 12.8. The number of hydrogen-bond acceptors (Lipinski definition) is 6. The first-order valence-corrected chi connectivity index (χ1v) is 12.8. The number of likely N-dealkylation sites (tertiary alicyclic amines) is 2. The predicted molar refractivity (Wildman–Crippen MR) is 129 cm³/mol. The molecular formula is C25H36N6O2. The summed E-state index contributed by atoms with van der Waals surface area (Å²) in [5.74, 6) is 0.653. The lowest BCUT2D eigenvalue weighted by molar-refractivity contribution is -0.137. The molecule has 0 radical (unpaired) electrons. The van der Waals surface area contributed by atoms with Gasteiger partial charge >= 0.3 is 0 Å². The molecule has 0 spiro atoms. The summed E-state index contributed by atoms with van der Waals surface area (Å²) in [7, 11) is 0. The Morgan fingerprint density at radius 1 is 1.03 bits per heavy atom. The number of pyridine rings is 1. The summed E-state index contributed by atoms with van der Waals surface area (Å²) in [5.41, 5.74) is 1.23. The third kappa shape index (κ3) is 4.50. The molecule has 0 aromatic carbocycles. The molecule has 178 valence electrons. The van der Waals surface area contributed by atoms with E-state index in [2.05, 4.69) is 19.8 Å². The van der Waals surface area contributed by atoms with Gasteiger partial charge in [0.25, 0.3) is 5.56 Å². The Balaban J connectivity index is 1.27. The number of carbonyl (C=O) groups excluding carboxylic acids is 1. The predicted octanol–water partition coefficient (Wildman–Crippen LogP) is 2.50. The van der Waals surface area contributed by atoms with E-state index < -0.39 is 0 Å². The Morgan fingerprint density at radius 2 is 1.82 bits per heavy atom. The van der Waals surface area contributed by atoms with Gasteiger partial charge in [0.1, 0.15) is 5.52 Å². The van der Waals surface area contributed by atoms with Crippen molar-refractivity contribution >= 4 is 22.9 Å². The molecule has 3 aliphatic rings. The van der Waals surface area contributed by atoms with E-state index in [0.29, 0.717) is 30.6 Å². The van der Waals surface area contributed by atoms with Gasteiger partial charge in [0.2, 0.25) is 5.91 Å². The molecule has 8 heteroatoms. The van der Waals surface area contributed by atoms with Crippen molar-refractivity contribution in [3.05, 3.63) is 28.7 Å². The zero-order valence-electron chi connectivity index (χ0n) is 19.8. The maximum atomic E-state index is 13.4. The van der Waals surface area contributed by atoms with Crippen molar-refractivity contribution in [2.24, 2.45) is 5.92 Å². The van der Waals surface area contributed by atoms with Crippen molar-refractivity contribution in [1.29, 1.82) is 0 Å². The van der Waals surface area contributed by atoms with Crippen LogP contribution < -0.4 is 10.5 Å². The van der Waals surface area contributed by atoms with Gasteiger partial charge in [-0.1, -0.05) is 6.42 Å². The smallest absolute Gasteiger partial charge is 0.295 e. The molecule has 0 aliphatic carbocycles. The lowest BCUT2D eigenvalue weighted by atomic mass is 9.94. The van der Waals surface area contributed by atoms with Crippen LogP contribution in [0.3, 0.4) is 0 Å². The average molecular weight is 453 g/mol. The highest BCUT2D eigenvalue weighted by molar-refractivity contribution is 5.80. The number of amides is 1. The molecule has 0 bridgehead atoms. The second kappa shape index (κ2) is 9.79. The van der Waals surface area contributed by atoms with Gasteiger partial charge in [-0.25, -0.2) is 9.97 Å². The number of aryl methyl sites for hydroxylation is 1. The van der Waals surface area contributed by atoms with Crippen molar-refractivity contribution in [1.82, 2.24) is 24.3 Å². The second-order valence-electron chi connectivity index (χ2n) is 9.77. The Hall–Kier alpha value is -2.48. The molecule has 0 N–H and O–H groups in total. The van der Waals surface area contributed by atoms with E-state index in [4.69, 9.17) is 0 Å². The van der Waals surface area contributed by atoms with Gasteiger partial charge in [0.15, 0.2) is 11.5 Å². The molecule has 5 rings (SSSR count). The topological polar surface area (TPSA) is 74.6 Å². The van der Waals surface area contributed by atoms with Crippen molar-refractivity contribution in [3.8, 4) is 0 Å². The average Bonchev–Trinajstić information content (AvgIpc) is 2.88. The highest BCUT2D eigenvalue weighted by Gasteiger charge is 2.34. The maximum absolute atomic E-state index is 13.4. The normalized spacial score (nSPS) is 23.2. The quantitative estimate of drug-likeness (QED) is 0.710. The van der Waals surface area contributed by atoms with E-state index in [1.807, 2.05) is 24.0 Å². The number of rotatable bonds is 4. The zero-order chi connectivity index (χ0) is 22.8. The van der Waals surface area contributed by atoms with Gasteiger partial charge in [-0.15, -0.1) is 0 Å². The van der Waals surface area contributed by atoms with Crippen LogP contribution in [0.2, 0.25) is 0 Å². The molecule has 3 fully saturated rings. The number of anilines is 1. The molecule has 5 heterocycles. The first kappa shape index (κ1) is 22.3. The van der Waals surface area contributed by atoms with Crippen LogP contribution in [0, 0.1) is 5.92 Å². The molecule has 2 aromatic heterocycles. The van der Waals surface area contributed by atoms with Crippen LogP contribution >= 0.6 is 0 Å². The van der Waals surface area contributed by atoms with E-state index >= 15 is 0 Å². The molecule has 3 aliphatic heterocycles. The van der Waals surface area contributed by atoms with Crippen molar-refractivity contribution in [2.45, 2.75) is 64.5 Å². The van der Waals surface area contributed by atoms with E-state index in [9.17, 15) is 9.59 Å². The number of hydrogen-bond donors (Lipinski definition) is 0. The fourth-order valence-electron chi connectivity index (χ4n) is 5.93. The van der Waals surface area contributed by atoms with E-state index in [1.165, 1.54) is 32.4 Å². The molecule has 0 unspecified atom stereocenters. The molecule has 0 saturated carbocycles. The largest absolute Gasteiger partial charge is 0.351 e. The summed E-state index contributed by atoms with van der Waals surface area (Å²) < 4.78 is 1.69. The van der Waals surface area contributed by atoms with Crippen LogP contribution in [-0.2, 0) is 11.3 Å². The van der Waals surface area contributed by atoms with Gasteiger partial charge in [-0.05, 0) is 70.7 Å². The third-order valence-corrected chi connectivity index (χ3v) is 7.75. The number of fused-ring (bicyclic) bond motifs is 1. The van der Waals surface area contributed by atoms with Crippen LogP contribution in [0.4, 0.5) is 5.82 Å². The summed E-state index contributed by atoms with van der Waals surface area (Å²) >= 11 is 0. The highest BCUT2D eigenvalue weighted by Crippen LogP contribution is 2.26. The lowest BCUT2D eigenvalue weighted by Crippen LogP contribution is -2.51. The standard InChI is InChI=1S/C25H36N6O2/c1-2-31-22-21(9-6-12-26-22)27-23(25(31)33)30-15-7-8-19(18-30)24(32)29-16-10-20(11-17-29)28-13-4-3-5-14-28/h6,9,12,19-20H,2-5,7-8,10-11,13-18H2,1H3/t19-/m0/s1. The lowest BCUT2D eigenvalue weighted by Gasteiger charge is -2.42. The van der Waals surface area contributed by atoms with Gasteiger partial charge < -0.3 is 14.7 Å². The van der Waals surface area contributed by atoms with Crippen LogP contribution in [0.25, 0.3) is 11.2 Å². The molecule has 2 aromatic rings. The Labute approximate surface area is 195 Å². The number of piperidine rings is 3. The SMILES string of the molecule is CCn1c(=O)c(N2CCC[C@H](C(=O)N3CCC(N4CCCCC4)CC3)C2)nc2cccnc21. The number of aromatic nitrogens is 3. The van der Waals surface area contributed by atoms with Gasteiger partial charge in [-0.3, -0.25) is 14.2 Å². The monoisotopic (exact) mass is 452 g/mol. The van der Waals surface area contributed by atoms with Crippen molar-refractivity contribution < 1.29 is 4.79 Å². The minimum atomic E-state index is -0.112. The van der Waals surface area contributed by atoms with Gasteiger partial charge in [0, 0.05) is 45.0 Å². The maximum Gasteiger partial charge on any atom is 0.295 e. The summed E-state index contributed by atoms with van der Waals surface area (Å²) in [5, 5.41) is 0. The fourth-order valence-corrected chi connectivity index (χ4v) is 5.93. The highest BCUT2D eigenvalue weighted by atomic mass is 16.2. The first-order chi connectivity index (χ1) is 16.2. The molecular weight excluding hydrogens is 416 g/mol. The van der Waals surface area contributed by atoms with Crippen LogP contribution in [0.5, 0.6) is 0 Å². The molecule has 1 amide bonds. The summed E-state index contributed by atoms with van der Waals surface area (Å²) in [4.78, 5) is 42.4. The molecule has 33 heavy (non-hydrogen) atoms. The molecule has 3 saturated heterocycles. The van der Waals surface area contributed by atoms with Gasteiger partial charge in [0.05, 0.1) is 5.92 Å². The van der Waals surface area contributed by atoms with Crippen LogP contribution in [0.1, 0.15) is 51.9 Å². The molecule has 1 atom stereocenters. The molecule has 8 nitrogen and oxygen atoms in total. The summed E-state index contributed by atoms with van der Waals surface area (Å²) in [6, 6.07) is 4.39. The third-order valence-electron chi connectivity index (χ3n) is 7.75. The Kier molecular flexibility index (Phi) is 6.62. The van der Waals surface area contributed by atoms with Gasteiger partial charge in [-0.2, -0.15) is 0 Å². The Morgan fingerprint density at radius 3 is 2.58 bits per heavy atom. The summed E-state index contributed by atoms with van der Waals surface area (Å²) in [6.07, 6.45) is 9.64. The number of nitrogens with zero attached hydrogens (tertiary/aromatic N) is 6. The van der Waals surface area contributed by atoms with Crippen LogP contribution in [0.15, 0.2) is 23.1 Å². The van der Waals surface area contributed by atoms with E-state index in [1.54, 1.807) is 10.8 Å².